The number of nitrogens with zero attached hydrogens (tertiary/aromatic N) is 1. The Labute approximate surface area is 145 Å². The van der Waals surface area contributed by atoms with E-state index in [-0.39, 0.29) is 12.1 Å². The van der Waals surface area contributed by atoms with E-state index in [1.54, 1.807) is 11.3 Å². The first-order valence-electron chi connectivity index (χ1n) is 8.03. The van der Waals surface area contributed by atoms with Crippen LogP contribution in [0.3, 0.4) is 0 Å². The van der Waals surface area contributed by atoms with E-state index in [0.29, 0.717) is 19.8 Å². The highest BCUT2D eigenvalue weighted by Gasteiger charge is 2.14. The molecular formula is C17H21N3O3S. The van der Waals surface area contributed by atoms with Crippen LogP contribution in [0.5, 0.6) is 11.5 Å². The maximum atomic E-state index is 12.1. The number of nitrogens with one attached hydrogen (secondary N) is 2. The van der Waals surface area contributed by atoms with Crippen molar-refractivity contribution in [3.05, 3.63) is 39.8 Å². The van der Waals surface area contributed by atoms with Gasteiger partial charge in [0.25, 0.3) is 0 Å². The Morgan fingerprint density at radius 1 is 1.33 bits per heavy atom. The number of rotatable bonds is 5. The number of amides is 2. The molecule has 1 aromatic heterocycles. The molecule has 0 saturated carbocycles. The Balaban J connectivity index is 1.51. The molecule has 3 rings (SSSR count). The van der Waals surface area contributed by atoms with E-state index in [2.05, 4.69) is 22.5 Å². The zero-order valence-electron chi connectivity index (χ0n) is 13.8. The summed E-state index contributed by atoms with van der Waals surface area (Å²) in [5.74, 6) is 1.47. The Bertz CT molecular complexity index is 717. The van der Waals surface area contributed by atoms with Gasteiger partial charge in [0, 0.05) is 11.9 Å². The highest BCUT2D eigenvalue weighted by atomic mass is 32.1. The van der Waals surface area contributed by atoms with Crippen LogP contribution in [0, 0.1) is 0 Å². The zero-order valence-corrected chi connectivity index (χ0v) is 14.6. The lowest BCUT2D eigenvalue weighted by molar-refractivity contribution is 0.171. The Hall–Kier alpha value is -2.28. The predicted molar refractivity (Wildman–Crippen MR) is 92.7 cm³/mol. The molecule has 2 amide bonds. The second-order valence-electron chi connectivity index (χ2n) is 5.55. The number of aromatic nitrogens is 1. The summed E-state index contributed by atoms with van der Waals surface area (Å²) in [6.07, 6.45) is 0.910. The molecule has 0 spiro atoms. The van der Waals surface area contributed by atoms with Crippen LogP contribution >= 0.6 is 11.3 Å². The van der Waals surface area contributed by atoms with Crippen molar-refractivity contribution < 1.29 is 14.3 Å². The van der Waals surface area contributed by atoms with E-state index in [9.17, 15) is 4.79 Å². The highest BCUT2D eigenvalue weighted by Crippen LogP contribution is 2.30. The first kappa shape index (κ1) is 16.6. The Morgan fingerprint density at radius 3 is 2.88 bits per heavy atom. The van der Waals surface area contributed by atoms with Crippen LogP contribution in [0.25, 0.3) is 0 Å². The number of hydrogen-bond donors (Lipinski definition) is 2. The van der Waals surface area contributed by atoms with Crippen molar-refractivity contribution in [1.29, 1.82) is 0 Å². The normalized spacial score (nSPS) is 14.1. The van der Waals surface area contributed by atoms with Crippen LogP contribution in [-0.2, 0) is 13.0 Å². The minimum absolute atomic E-state index is 0.123. The molecule has 2 heterocycles. The number of ether oxygens (including phenoxy) is 2. The summed E-state index contributed by atoms with van der Waals surface area (Å²) in [5.41, 5.74) is 1.86. The fourth-order valence-electron chi connectivity index (χ4n) is 2.39. The number of hydrogen-bond acceptors (Lipinski definition) is 5. The third-order valence-corrected chi connectivity index (χ3v) is 4.73. The fourth-order valence-corrected chi connectivity index (χ4v) is 3.23. The Morgan fingerprint density at radius 2 is 2.12 bits per heavy atom. The third kappa shape index (κ3) is 3.97. The molecule has 1 aliphatic rings. The summed E-state index contributed by atoms with van der Waals surface area (Å²) >= 11 is 1.62. The zero-order chi connectivity index (χ0) is 16.9. The van der Waals surface area contributed by atoms with E-state index in [1.165, 1.54) is 0 Å². The lowest BCUT2D eigenvalue weighted by Gasteiger charge is -2.19. The molecule has 0 radical (unpaired) electrons. The van der Waals surface area contributed by atoms with Crippen LogP contribution in [0.2, 0.25) is 0 Å². The summed E-state index contributed by atoms with van der Waals surface area (Å²) in [6, 6.07) is 5.34. The molecule has 2 N–H and O–H groups in total. The molecule has 1 aromatic carbocycles. The van der Waals surface area contributed by atoms with Gasteiger partial charge in [0.2, 0.25) is 0 Å². The van der Waals surface area contributed by atoms with E-state index in [0.717, 1.165) is 34.2 Å². The van der Waals surface area contributed by atoms with Crippen molar-refractivity contribution in [2.45, 2.75) is 32.9 Å². The molecule has 128 valence electrons. The lowest BCUT2D eigenvalue weighted by Crippen LogP contribution is -2.36. The third-order valence-electron chi connectivity index (χ3n) is 3.72. The minimum atomic E-state index is -0.219. The first-order chi connectivity index (χ1) is 11.7. The molecule has 7 heteroatoms. The van der Waals surface area contributed by atoms with Gasteiger partial charge in [-0.05, 0) is 31.0 Å². The number of urea groups is 1. The van der Waals surface area contributed by atoms with Crippen molar-refractivity contribution in [2.75, 3.05) is 13.2 Å². The number of thiazole rings is 1. The molecule has 0 bridgehead atoms. The molecule has 6 nitrogen and oxygen atoms in total. The highest BCUT2D eigenvalue weighted by molar-refractivity contribution is 7.09. The van der Waals surface area contributed by atoms with Gasteiger partial charge < -0.3 is 20.1 Å². The molecule has 2 aromatic rings. The van der Waals surface area contributed by atoms with Gasteiger partial charge in [-0.3, -0.25) is 0 Å². The van der Waals surface area contributed by atoms with Gasteiger partial charge in [-0.2, -0.15) is 0 Å². The van der Waals surface area contributed by atoms with Crippen molar-refractivity contribution in [2.24, 2.45) is 0 Å². The fraction of sp³-hybridized carbons (Fsp3) is 0.412. The maximum absolute atomic E-state index is 12.1. The summed E-state index contributed by atoms with van der Waals surface area (Å²) in [6.45, 7) is 5.54. The minimum Gasteiger partial charge on any atom is -0.486 e. The lowest BCUT2D eigenvalue weighted by atomic mass is 10.2. The van der Waals surface area contributed by atoms with Crippen molar-refractivity contribution >= 4 is 17.4 Å². The van der Waals surface area contributed by atoms with Crippen LogP contribution < -0.4 is 20.1 Å². The van der Waals surface area contributed by atoms with Gasteiger partial charge in [-0.1, -0.05) is 13.0 Å². The molecule has 0 saturated heterocycles. The quantitative estimate of drug-likeness (QED) is 0.872. The maximum Gasteiger partial charge on any atom is 0.315 e. The Kier molecular flexibility index (Phi) is 5.20. The van der Waals surface area contributed by atoms with Gasteiger partial charge in [0.05, 0.1) is 16.7 Å². The average molecular weight is 347 g/mol. The van der Waals surface area contributed by atoms with Gasteiger partial charge in [-0.15, -0.1) is 11.3 Å². The van der Waals surface area contributed by atoms with Crippen LogP contribution in [0.15, 0.2) is 23.6 Å². The van der Waals surface area contributed by atoms with E-state index >= 15 is 0 Å². The smallest absolute Gasteiger partial charge is 0.315 e. The molecule has 0 unspecified atom stereocenters. The van der Waals surface area contributed by atoms with Crippen LogP contribution in [-0.4, -0.2) is 24.2 Å². The van der Waals surface area contributed by atoms with E-state index in [4.69, 9.17) is 9.47 Å². The van der Waals surface area contributed by atoms with Gasteiger partial charge in [0.15, 0.2) is 11.5 Å². The summed E-state index contributed by atoms with van der Waals surface area (Å²) in [5, 5.41) is 8.83. The topological polar surface area (TPSA) is 72.5 Å². The summed E-state index contributed by atoms with van der Waals surface area (Å²) in [7, 11) is 0. The van der Waals surface area contributed by atoms with Gasteiger partial charge in [-0.25, -0.2) is 9.78 Å². The molecule has 1 aliphatic heterocycles. The van der Waals surface area contributed by atoms with Crippen LogP contribution in [0.1, 0.15) is 36.2 Å². The molecule has 1 atom stereocenters. The van der Waals surface area contributed by atoms with Crippen molar-refractivity contribution in [3.63, 3.8) is 0 Å². The first-order valence-corrected chi connectivity index (χ1v) is 8.91. The standard InChI is InChI=1S/C17H21N3O3S/c1-3-16-20-13(10-24-16)11(2)19-17(21)18-9-12-4-5-14-15(8-12)23-7-6-22-14/h4-5,8,10-11H,3,6-7,9H2,1-2H3,(H2,18,19,21)/t11-/m0/s1. The van der Waals surface area contributed by atoms with Crippen LogP contribution in [0.4, 0.5) is 4.79 Å². The molecular weight excluding hydrogens is 326 g/mol. The van der Waals surface area contributed by atoms with Gasteiger partial charge in [0.1, 0.15) is 13.2 Å². The number of carbonyl (C=O) groups excluding carboxylic acids is 1. The average Bonchev–Trinajstić information content (AvgIpc) is 3.09. The molecule has 0 fully saturated rings. The number of aryl methyl sites for hydroxylation is 1. The number of carbonyl (C=O) groups is 1. The predicted octanol–water partition coefficient (Wildman–Crippen LogP) is 3.04. The van der Waals surface area contributed by atoms with Crippen molar-refractivity contribution in [3.8, 4) is 11.5 Å². The number of fused-ring (bicyclic) bond motifs is 1. The second-order valence-corrected chi connectivity index (χ2v) is 6.49. The number of benzene rings is 1. The largest absolute Gasteiger partial charge is 0.486 e. The monoisotopic (exact) mass is 347 g/mol. The molecule has 24 heavy (non-hydrogen) atoms. The summed E-state index contributed by atoms with van der Waals surface area (Å²) < 4.78 is 11.0. The summed E-state index contributed by atoms with van der Waals surface area (Å²) in [4.78, 5) is 16.6. The van der Waals surface area contributed by atoms with Gasteiger partial charge >= 0.3 is 6.03 Å². The van der Waals surface area contributed by atoms with Crippen molar-refractivity contribution in [1.82, 2.24) is 15.6 Å². The van der Waals surface area contributed by atoms with E-state index in [1.807, 2.05) is 30.5 Å². The second kappa shape index (κ2) is 7.53. The SMILES string of the molecule is CCc1nc([C@H](C)NC(=O)NCc2ccc3c(c2)OCCO3)cs1. The molecule has 0 aliphatic carbocycles. The van der Waals surface area contributed by atoms with E-state index < -0.39 is 0 Å².